The van der Waals surface area contributed by atoms with Crippen LogP contribution >= 0.6 is 0 Å². The predicted octanol–water partition coefficient (Wildman–Crippen LogP) is 1.77. The number of carbonyl (C=O) groups is 3. The molecule has 0 rings (SSSR count). The van der Waals surface area contributed by atoms with Gasteiger partial charge < -0.3 is 24.7 Å². The summed E-state index contributed by atoms with van der Waals surface area (Å²) in [6, 6.07) is -0.748. The lowest BCUT2D eigenvalue weighted by Gasteiger charge is -2.19. The topological polar surface area (TPSA) is 114 Å². The Morgan fingerprint density at radius 3 is 1.96 bits per heavy atom. The minimum atomic E-state index is -0.748. The van der Waals surface area contributed by atoms with E-state index in [9.17, 15) is 14.4 Å². The summed E-state index contributed by atoms with van der Waals surface area (Å²) >= 11 is 0. The first-order valence-electron chi connectivity index (χ1n) is 9.38. The van der Waals surface area contributed by atoms with Crippen LogP contribution in [0.2, 0.25) is 0 Å². The Kier molecular flexibility index (Phi) is 13.7. The van der Waals surface area contributed by atoms with Crippen LogP contribution < -0.4 is 5.73 Å². The lowest BCUT2D eigenvalue weighted by Crippen LogP contribution is -2.32. The molecule has 0 aromatic rings. The van der Waals surface area contributed by atoms with Crippen LogP contribution in [0.15, 0.2) is 0 Å². The fourth-order valence-corrected chi connectivity index (χ4v) is 2.12. The highest BCUT2D eigenvalue weighted by Gasteiger charge is 2.16. The molecule has 0 aliphatic rings. The van der Waals surface area contributed by atoms with Gasteiger partial charge in [-0.25, -0.2) is 0 Å². The van der Waals surface area contributed by atoms with Crippen molar-refractivity contribution in [3.63, 3.8) is 0 Å². The smallest absolute Gasteiger partial charge is 0.322 e. The van der Waals surface area contributed by atoms with Gasteiger partial charge in [0.05, 0.1) is 20.3 Å². The molecule has 1 atom stereocenters. The molecule has 0 saturated heterocycles. The quantitative estimate of drug-likeness (QED) is 0.333. The van der Waals surface area contributed by atoms with Crippen molar-refractivity contribution in [2.75, 3.05) is 33.5 Å². The molecule has 0 aliphatic heterocycles. The summed E-state index contributed by atoms with van der Waals surface area (Å²) in [6.07, 6.45) is 2.51. The van der Waals surface area contributed by atoms with E-state index in [-0.39, 0.29) is 18.2 Å². The van der Waals surface area contributed by atoms with Crippen LogP contribution in [0, 0.1) is 0 Å². The summed E-state index contributed by atoms with van der Waals surface area (Å²) in [5.41, 5.74) is 5.11. The molecular formula is C19H35NO7. The number of hydrogen-bond donors (Lipinski definition) is 1. The minimum absolute atomic E-state index is 0.0522. The third kappa shape index (κ3) is 16.4. The van der Waals surface area contributed by atoms with Gasteiger partial charge in [0.1, 0.15) is 17.4 Å². The number of carbonyl (C=O) groups excluding carboxylic acids is 3. The van der Waals surface area contributed by atoms with Crippen molar-refractivity contribution >= 4 is 17.7 Å². The zero-order valence-electron chi connectivity index (χ0n) is 17.1. The maximum Gasteiger partial charge on any atom is 0.322 e. The molecule has 2 N–H and O–H groups in total. The summed E-state index contributed by atoms with van der Waals surface area (Å²) in [7, 11) is 1.27. The van der Waals surface area contributed by atoms with Gasteiger partial charge >= 0.3 is 11.9 Å². The van der Waals surface area contributed by atoms with Gasteiger partial charge in [-0.3, -0.25) is 14.4 Å². The molecule has 0 spiro atoms. The Morgan fingerprint density at radius 2 is 1.44 bits per heavy atom. The van der Waals surface area contributed by atoms with Gasteiger partial charge in [-0.2, -0.15) is 0 Å². The molecule has 0 radical (unpaired) electrons. The van der Waals surface area contributed by atoms with Crippen LogP contribution in [0.4, 0.5) is 0 Å². The molecule has 158 valence electrons. The molecule has 0 fully saturated rings. The highest BCUT2D eigenvalue weighted by Crippen LogP contribution is 2.09. The predicted molar refractivity (Wildman–Crippen MR) is 100 cm³/mol. The first-order valence-corrected chi connectivity index (χ1v) is 9.38. The monoisotopic (exact) mass is 389 g/mol. The van der Waals surface area contributed by atoms with Crippen molar-refractivity contribution in [3.8, 4) is 0 Å². The third-order valence-corrected chi connectivity index (χ3v) is 3.44. The van der Waals surface area contributed by atoms with Crippen molar-refractivity contribution in [1.82, 2.24) is 0 Å². The first kappa shape index (κ1) is 25.5. The van der Waals surface area contributed by atoms with Crippen molar-refractivity contribution < 1.29 is 33.3 Å². The van der Waals surface area contributed by atoms with Crippen LogP contribution in [0.1, 0.15) is 59.3 Å². The Morgan fingerprint density at radius 1 is 0.889 bits per heavy atom. The summed E-state index contributed by atoms with van der Waals surface area (Å²) in [5.74, 6) is -0.673. The van der Waals surface area contributed by atoms with E-state index in [2.05, 4.69) is 4.74 Å². The zero-order chi connectivity index (χ0) is 20.7. The van der Waals surface area contributed by atoms with Gasteiger partial charge in [-0.05, 0) is 40.0 Å². The molecule has 0 saturated carbocycles. The van der Waals surface area contributed by atoms with E-state index in [1.54, 1.807) is 0 Å². The van der Waals surface area contributed by atoms with Crippen LogP contribution in [0.25, 0.3) is 0 Å². The summed E-state index contributed by atoms with van der Waals surface area (Å²) in [5, 5.41) is 0. The first-order chi connectivity index (χ1) is 12.7. The molecule has 1 unspecified atom stereocenters. The Labute approximate surface area is 162 Å². The molecule has 8 heteroatoms. The van der Waals surface area contributed by atoms with Crippen molar-refractivity contribution in [1.29, 1.82) is 0 Å². The number of rotatable bonds is 15. The van der Waals surface area contributed by atoms with Crippen LogP contribution in [0.5, 0.6) is 0 Å². The molecule has 27 heavy (non-hydrogen) atoms. The molecule has 0 aromatic carbocycles. The fourth-order valence-electron chi connectivity index (χ4n) is 2.12. The SMILES string of the molecule is COC(=O)C(N)CCC(=O)CCCOCCOCCCC(=O)OC(C)(C)C. The van der Waals surface area contributed by atoms with Gasteiger partial charge in [0.2, 0.25) is 0 Å². The second-order valence-electron chi connectivity index (χ2n) is 7.23. The average Bonchev–Trinajstić information content (AvgIpc) is 2.58. The molecule has 0 heterocycles. The van der Waals surface area contributed by atoms with E-state index in [0.717, 1.165) is 0 Å². The average molecular weight is 389 g/mol. The molecule has 0 amide bonds. The van der Waals surface area contributed by atoms with E-state index in [0.29, 0.717) is 58.5 Å². The van der Waals surface area contributed by atoms with Crippen LogP contribution in [-0.4, -0.2) is 62.9 Å². The van der Waals surface area contributed by atoms with E-state index < -0.39 is 17.6 Å². The zero-order valence-corrected chi connectivity index (χ0v) is 17.1. The fraction of sp³-hybridized carbons (Fsp3) is 0.842. The highest BCUT2D eigenvalue weighted by atomic mass is 16.6. The van der Waals surface area contributed by atoms with Crippen LogP contribution in [-0.2, 0) is 33.3 Å². The van der Waals surface area contributed by atoms with Crippen molar-refractivity contribution in [3.05, 3.63) is 0 Å². The van der Waals surface area contributed by atoms with E-state index >= 15 is 0 Å². The number of nitrogens with two attached hydrogens (primary N) is 1. The largest absolute Gasteiger partial charge is 0.468 e. The van der Waals surface area contributed by atoms with Crippen LogP contribution in [0.3, 0.4) is 0 Å². The molecule has 0 bridgehead atoms. The number of esters is 2. The number of ether oxygens (including phenoxy) is 4. The number of Topliss-reactive ketones (excluding diaryl/α,β-unsaturated/α-hetero) is 1. The molecule has 8 nitrogen and oxygen atoms in total. The maximum atomic E-state index is 11.7. The molecule has 0 aromatic heterocycles. The number of ketones is 1. The highest BCUT2D eigenvalue weighted by molar-refractivity contribution is 5.80. The van der Waals surface area contributed by atoms with Gasteiger partial charge in [-0.1, -0.05) is 0 Å². The Balaban J connectivity index is 3.44. The van der Waals surface area contributed by atoms with Gasteiger partial charge in [0.15, 0.2) is 0 Å². The van der Waals surface area contributed by atoms with Gasteiger partial charge in [-0.15, -0.1) is 0 Å². The van der Waals surface area contributed by atoms with E-state index in [4.69, 9.17) is 19.9 Å². The number of hydrogen-bond acceptors (Lipinski definition) is 8. The standard InChI is InChI=1S/C19H35NO7/c1-19(2,3)27-17(22)8-6-12-26-14-13-25-11-5-7-15(21)9-10-16(20)18(23)24-4/h16H,5-14,20H2,1-4H3. The van der Waals surface area contributed by atoms with E-state index in [1.807, 2.05) is 20.8 Å². The molecule has 0 aliphatic carbocycles. The third-order valence-electron chi connectivity index (χ3n) is 3.44. The van der Waals surface area contributed by atoms with Gasteiger partial charge in [0.25, 0.3) is 0 Å². The van der Waals surface area contributed by atoms with Gasteiger partial charge in [0, 0.05) is 32.5 Å². The van der Waals surface area contributed by atoms with Crippen molar-refractivity contribution in [2.24, 2.45) is 5.73 Å². The lowest BCUT2D eigenvalue weighted by atomic mass is 10.1. The van der Waals surface area contributed by atoms with Crippen molar-refractivity contribution in [2.45, 2.75) is 70.9 Å². The normalized spacial score (nSPS) is 12.5. The lowest BCUT2D eigenvalue weighted by molar-refractivity contribution is -0.155. The second kappa shape index (κ2) is 14.5. The molecular weight excluding hydrogens is 354 g/mol. The summed E-state index contributed by atoms with van der Waals surface area (Å²) < 4.78 is 20.5. The maximum absolute atomic E-state index is 11.7. The number of methoxy groups -OCH3 is 1. The second-order valence-corrected chi connectivity index (χ2v) is 7.23. The minimum Gasteiger partial charge on any atom is -0.468 e. The Bertz CT molecular complexity index is 446. The van der Waals surface area contributed by atoms with E-state index in [1.165, 1.54) is 7.11 Å². The Hall–Kier alpha value is -1.51. The summed E-state index contributed by atoms with van der Waals surface area (Å²) in [6.45, 7) is 7.33. The summed E-state index contributed by atoms with van der Waals surface area (Å²) in [4.78, 5) is 34.3.